The number of hydrogen-bond donors (Lipinski definition) is 2. The van der Waals surface area contributed by atoms with E-state index >= 15 is 0 Å². The van der Waals surface area contributed by atoms with Gasteiger partial charge in [0.15, 0.2) is 0 Å². The van der Waals surface area contributed by atoms with Crippen LogP contribution in [0.5, 0.6) is 0 Å². The van der Waals surface area contributed by atoms with Crippen LogP contribution in [0.25, 0.3) is 0 Å². The SMILES string of the molecule is O=C(O)CC(NS(=O)(=O)c1cncc(F)c1)C1CC1. The first-order valence-corrected chi connectivity index (χ1v) is 7.21. The van der Waals surface area contributed by atoms with Gasteiger partial charge in [0.25, 0.3) is 0 Å². The fourth-order valence-corrected chi connectivity index (χ4v) is 3.08. The summed E-state index contributed by atoms with van der Waals surface area (Å²) in [5.74, 6) is -1.80. The molecule has 0 aromatic carbocycles. The summed E-state index contributed by atoms with van der Waals surface area (Å²) in [7, 11) is -3.95. The number of hydrogen-bond acceptors (Lipinski definition) is 4. The van der Waals surface area contributed by atoms with Crippen molar-refractivity contribution in [1.82, 2.24) is 9.71 Å². The predicted molar refractivity (Wildman–Crippen MR) is 63.3 cm³/mol. The maximum Gasteiger partial charge on any atom is 0.304 e. The molecule has 1 heterocycles. The van der Waals surface area contributed by atoms with Crippen molar-refractivity contribution < 1.29 is 22.7 Å². The molecule has 6 nitrogen and oxygen atoms in total. The first-order chi connectivity index (χ1) is 8.88. The Balaban J connectivity index is 2.17. The number of sulfonamides is 1. The number of aliphatic carboxylic acids is 1. The Kier molecular flexibility index (Phi) is 3.81. The standard InChI is InChI=1S/C11H13FN2O4S/c12-8-3-9(6-13-5-8)19(17,18)14-10(4-11(15)16)7-1-2-7/h3,5-7,10,14H,1-2,4H2,(H,15,16). The molecule has 1 aliphatic rings. The number of rotatable bonds is 6. The average Bonchev–Trinajstić information content (AvgIpc) is 3.11. The quantitative estimate of drug-likeness (QED) is 0.805. The van der Waals surface area contributed by atoms with Gasteiger partial charge in [0, 0.05) is 12.2 Å². The number of pyridine rings is 1. The maximum atomic E-state index is 13.0. The number of nitrogens with one attached hydrogen (secondary N) is 1. The molecule has 8 heteroatoms. The molecule has 1 saturated carbocycles. The van der Waals surface area contributed by atoms with Gasteiger partial charge in [-0.3, -0.25) is 9.78 Å². The molecule has 0 saturated heterocycles. The van der Waals surface area contributed by atoms with E-state index in [-0.39, 0.29) is 17.2 Å². The monoisotopic (exact) mass is 288 g/mol. The van der Waals surface area contributed by atoms with Crippen LogP contribution in [0.4, 0.5) is 4.39 Å². The summed E-state index contributed by atoms with van der Waals surface area (Å²) in [5, 5.41) is 8.76. The van der Waals surface area contributed by atoms with Gasteiger partial charge in [-0.2, -0.15) is 0 Å². The molecule has 1 unspecified atom stereocenters. The molecular formula is C11H13FN2O4S. The van der Waals surface area contributed by atoms with Crippen molar-refractivity contribution in [3.05, 3.63) is 24.3 Å². The second kappa shape index (κ2) is 5.22. The van der Waals surface area contributed by atoms with E-state index in [1.807, 2.05) is 0 Å². The van der Waals surface area contributed by atoms with Gasteiger partial charge in [-0.1, -0.05) is 0 Å². The van der Waals surface area contributed by atoms with E-state index in [4.69, 9.17) is 5.11 Å². The number of halogens is 1. The molecule has 2 rings (SSSR count). The van der Waals surface area contributed by atoms with Crippen molar-refractivity contribution in [2.45, 2.75) is 30.2 Å². The lowest BCUT2D eigenvalue weighted by Crippen LogP contribution is -2.38. The zero-order valence-corrected chi connectivity index (χ0v) is 10.7. The van der Waals surface area contributed by atoms with Gasteiger partial charge < -0.3 is 5.11 Å². The van der Waals surface area contributed by atoms with Crippen LogP contribution in [-0.4, -0.2) is 30.5 Å². The first kappa shape index (κ1) is 13.9. The van der Waals surface area contributed by atoms with Crippen molar-refractivity contribution in [2.75, 3.05) is 0 Å². The van der Waals surface area contributed by atoms with Crippen molar-refractivity contribution in [3.8, 4) is 0 Å². The van der Waals surface area contributed by atoms with Crippen LogP contribution in [0.15, 0.2) is 23.4 Å². The molecule has 1 fully saturated rings. The Morgan fingerprint density at radius 3 is 2.74 bits per heavy atom. The van der Waals surface area contributed by atoms with Crippen molar-refractivity contribution >= 4 is 16.0 Å². The van der Waals surface area contributed by atoms with Crippen LogP contribution in [0.1, 0.15) is 19.3 Å². The highest BCUT2D eigenvalue weighted by Gasteiger charge is 2.35. The molecule has 1 aromatic heterocycles. The summed E-state index contributed by atoms with van der Waals surface area (Å²) in [6, 6.07) is 0.186. The molecule has 0 aliphatic heterocycles. The lowest BCUT2D eigenvalue weighted by molar-refractivity contribution is -0.137. The zero-order chi connectivity index (χ0) is 14.0. The van der Waals surface area contributed by atoms with E-state index in [9.17, 15) is 17.6 Å². The minimum Gasteiger partial charge on any atom is -0.481 e. The Morgan fingerprint density at radius 1 is 1.53 bits per heavy atom. The number of nitrogens with zero attached hydrogens (tertiary/aromatic N) is 1. The van der Waals surface area contributed by atoms with E-state index in [2.05, 4.69) is 9.71 Å². The maximum absolute atomic E-state index is 13.0. The zero-order valence-electron chi connectivity index (χ0n) is 9.91. The van der Waals surface area contributed by atoms with Gasteiger partial charge in [0.1, 0.15) is 10.7 Å². The molecular weight excluding hydrogens is 275 g/mol. The highest BCUT2D eigenvalue weighted by molar-refractivity contribution is 7.89. The van der Waals surface area contributed by atoms with Crippen LogP contribution in [0.2, 0.25) is 0 Å². The summed E-state index contributed by atoms with van der Waals surface area (Å²) in [6.07, 6.45) is 3.22. The Bertz CT molecular complexity index is 586. The predicted octanol–water partition coefficient (Wildman–Crippen LogP) is 0.752. The van der Waals surface area contributed by atoms with E-state index < -0.39 is 27.9 Å². The number of aromatic nitrogens is 1. The molecule has 0 spiro atoms. The Labute approximate surface area is 109 Å². The summed E-state index contributed by atoms with van der Waals surface area (Å²) >= 11 is 0. The largest absolute Gasteiger partial charge is 0.481 e. The minimum absolute atomic E-state index is 0.0346. The third kappa shape index (κ3) is 3.71. The van der Waals surface area contributed by atoms with E-state index in [0.29, 0.717) is 0 Å². The van der Waals surface area contributed by atoms with Gasteiger partial charge in [0.2, 0.25) is 10.0 Å². The fraction of sp³-hybridized carbons (Fsp3) is 0.455. The average molecular weight is 288 g/mol. The topological polar surface area (TPSA) is 96.4 Å². The molecule has 1 atom stereocenters. The molecule has 1 aromatic rings. The molecule has 0 bridgehead atoms. The number of carbonyl (C=O) groups is 1. The lowest BCUT2D eigenvalue weighted by Gasteiger charge is -2.16. The van der Waals surface area contributed by atoms with Crippen molar-refractivity contribution in [2.24, 2.45) is 5.92 Å². The number of carboxylic acids is 1. The third-order valence-electron chi connectivity index (χ3n) is 2.88. The van der Waals surface area contributed by atoms with E-state index in [1.165, 1.54) is 0 Å². The van der Waals surface area contributed by atoms with Crippen molar-refractivity contribution in [3.63, 3.8) is 0 Å². The fourth-order valence-electron chi connectivity index (χ4n) is 1.80. The van der Waals surface area contributed by atoms with Crippen LogP contribution in [0.3, 0.4) is 0 Å². The van der Waals surface area contributed by atoms with Gasteiger partial charge in [0.05, 0.1) is 12.6 Å². The Morgan fingerprint density at radius 2 is 2.21 bits per heavy atom. The summed E-state index contributed by atoms with van der Waals surface area (Å²) in [4.78, 5) is 13.9. The van der Waals surface area contributed by atoms with Crippen LogP contribution >= 0.6 is 0 Å². The highest BCUT2D eigenvalue weighted by atomic mass is 32.2. The summed E-state index contributed by atoms with van der Waals surface area (Å²) < 4.78 is 39.3. The second-order valence-corrected chi connectivity index (χ2v) is 6.22. The third-order valence-corrected chi connectivity index (χ3v) is 4.34. The molecule has 0 radical (unpaired) electrons. The van der Waals surface area contributed by atoms with Crippen molar-refractivity contribution in [1.29, 1.82) is 0 Å². The molecule has 0 amide bonds. The highest BCUT2D eigenvalue weighted by Crippen LogP contribution is 2.34. The van der Waals surface area contributed by atoms with Gasteiger partial charge in [-0.15, -0.1) is 0 Å². The second-order valence-electron chi connectivity index (χ2n) is 4.50. The molecule has 1 aliphatic carbocycles. The van der Waals surface area contributed by atoms with E-state index in [1.54, 1.807) is 0 Å². The normalized spacial score (nSPS) is 17.1. The van der Waals surface area contributed by atoms with E-state index in [0.717, 1.165) is 31.3 Å². The molecule has 104 valence electrons. The Hall–Kier alpha value is -1.54. The van der Waals surface area contributed by atoms with Gasteiger partial charge in [-0.05, 0) is 24.8 Å². The summed E-state index contributed by atoms with van der Waals surface area (Å²) in [5.41, 5.74) is 0. The van der Waals surface area contributed by atoms with Gasteiger partial charge >= 0.3 is 5.97 Å². The van der Waals surface area contributed by atoms with Crippen LogP contribution in [0, 0.1) is 11.7 Å². The summed E-state index contributed by atoms with van der Waals surface area (Å²) in [6.45, 7) is 0. The van der Waals surface area contributed by atoms with Crippen LogP contribution < -0.4 is 4.72 Å². The molecule has 2 N–H and O–H groups in total. The first-order valence-electron chi connectivity index (χ1n) is 5.73. The lowest BCUT2D eigenvalue weighted by atomic mass is 10.1. The number of carboxylic acid groups (broad SMARTS) is 1. The minimum atomic E-state index is -3.95. The van der Waals surface area contributed by atoms with Crippen LogP contribution in [-0.2, 0) is 14.8 Å². The van der Waals surface area contributed by atoms with Gasteiger partial charge in [-0.25, -0.2) is 17.5 Å². The smallest absolute Gasteiger partial charge is 0.304 e. The molecule has 19 heavy (non-hydrogen) atoms.